The van der Waals surface area contributed by atoms with E-state index in [1.807, 2.05) is 36.2 Å². The van der Waals surface area contributed by atoms with Crippen LogP contribution in [0.1, 0.15) is 55.8 Å². The van der Waals surface area contributed by atoms with Crippen LogP contribution in [-0.2, 0) is 4.79 Å². The predicted molar refractivity (Wildman–Crippen MR) is 150 cm³/mol. The first-order chi connectivity index (χ1) is 17.9. The molecule has 3 N–H and O–H groups in total. The maximum Gasteiger partial charge on any atom is 0.253 e. The maximum absolute atomic E-state index is 13.0. The molecule has 1 aliphatic heterocycles. The van der Waals surface area contributed by atoms with Gasteiger partial charge in [-0.2, -0.15) is 4.98 Å². The summed E-state index contributed by atoms with van der Waals surface area (Å²) >= 11 is 3.54. The first kappa shape index (κ1) is 27.3. The van der Waals surface area contributed by atoms with Crippen molar-refractivity contribution < 1.29 is 9.59 Å². The summed E-state index contributed by atoms with van der Waals surface area (Å²) < 4.78 is 0.746. The topological polar surface area (TPSA) is 102 Å². The number of carbonyl (C=O) groups is 2. The zero-order valence-electron chi connectivity index (χ0n) is 22.0. The molecule has 4 rings (SSSR count). The Morgan fingerprint density at radius 1 is 1.14 bits per heavy atom. The number of piperidine rings is 1. The van der Waals surface area contributed by atoms with Crippen molar-refractivity contribution in [1.29, 1.82) is 0 Å². The number of nitrogens with one attached hydrogen (secondary N) is 3. The van der Waals surface area contributed by atoms with Crippen LogP contribution in [0, 0.1) is 5.92 Å². The van der Waals surface area contributed by atoms with Gasteiger partial charge in [0.1, 0.15) is 5.82 Å². The number of amides is 2. The lowest BCUT2D eigenvalue weighted by Crippen LogP contribution is -2.44. The number of likely N-dealkylation sites (tertiary alicyclic amines) is 1. The van der Waals surface area contributed by atoms with Gasteiger partial charge < -0.3 is 25.8 Å². The monoisotopic (exact) mass is 571 g/mol. The van der Waals surface area contributed by atoms with E-state index < -0.39 is 0 Å². The molecule has 0 radical (unpaired) electrons. The van der Waals surface area contributed by atoms with Crippen LogP contribution < -0.4 is 16.0 Å². The molecule has 37 heavy (non-hydrogen) atoms. The normalized spacial score (nSPS) is 20.4. The zero-order chi connectivity index (χ0) is 26.4. The molecule has 1 aliphatic carbocycles. The standard InChI is InChI=1S/C27H38BrN7O2/c1-4-14-29-25(36)21-6-5-7-23(21)32-24-22(28)17-30-27(33-24)31-19-10-8-18(9-11-19)26(37)35(3)20-12-15-34(2)16-13-20/h8-11,17,20-21,23H,4-7,12-16H2,1-3H3,(H,29,36)(H2,30,31,32,33). The molecule has 1 aromatic heterocycles. The summed E-state index contributed by atoms with van der Waals surface area (Å²) in [7, 11) is 4.02. The van der Waals surface area contributed by atoms with Crippen molar-refractivity contribution in [3.63, 3.8) is 0 Å². The molecule has 1 saturated heterocycles. The molecule has 9 nitrogen and oxygen atoms in total. The van der Waals surface area contributed by atoms with Gasteiger partial charge >= 0.3 is 0 Å². The molecule has 200 valence electrons. The lowest BCUT2D eigenvalue weighted by molar-refractivity contribution is -0.124. The van der Waals surface area contributed by atoms with Gasteiger partial charge in [-0.25, -0.2) is 4.98 Å². The third-order valence-corrected chi connectivity index (χ3v) is 7.99. The van der Waals surface area contributed by atoms with E-state index in [2.05, 4.69) is 60.7 Å². The van der Waals surface area contributed by atoms with E-state index in [1.54, 1.807) is 6.20 Å². The van der Waals surface area contributed by atoms with Crippen LogP contribution in [0.3, 0.4) is 0 Å². The lowest BCUT2D eigenvalue weighted by atomic mass is 10.0. The van der Waals surface area contributed by atoms with Crippen LogP contribution in [0.25, 0.3) is 0 Å². The van der Waals surface area contributed by atoms with Gasteiger partial charge in [-0.05, 0) is 92.4 Å². The summed E-state index contributed by atoms with van der Waals surface area (Å²) in [5.41, 5.74) is 1.46. The summed E-state index contributed by atoms with van der Waals surface area (Å²) in [5.74, 6) is 1.18. The fraction of sp³-hybridized carbons (Fsp3) is 0.556. The predicted octanol–water partition coefficient (Wildman–Crippen LogP) is 4.26. The number of rotatable bonds is 9. The molecular formula is C27H38BrN7O2. The van der Waals surface area contributed by atoms with E-state index in [0.29, 0.717) is 23.9 Å². The van der Waals surface area contributed by atoms with Gasteiger partial charge in [-0.15, -0.1) is 0 Å². The van der Waals surface area contributed by atoms with Crippen LogP contribution in [0.2, 0.25) is 0 Å². The van der Waals surface area contributed by atoms with Gasteiger partial charge in [-0.1, -0.05) is 13.3 Å². The van der Waals surface area contributed by atoms with E-state index >= 15 is 0 Å². The molecule has 1 saturated carbocycles. The number of carbonyl (C=O) groups excluding carboxylic acids is 2. The first-order valence-corrected chi connectivity index (χ1v) is 14.0. The second-order valence-electron chi connectivity index (χ2n) is 10.1. The van der Waals surface area contributed by atoms with Crippen LogP contribution >= 0.6 is 15.9 Å². The first-order valence-electron chi connectivity index (χ1n) is 13.2. The van der Waals surface area contributed by atoms with Gasteiger partial charge in [0.25, 0.3) is 5.91 Å². The summed E-state index contributed by atoms with van der Waals surface area (Å²) in [6.45, 7) is 4.79. The minimum atomic E-state index is -0.0671. The van der Waals surface area contributed by atoms with Gasteiger partial charge in [0, 0.05) is 43.1 Å². The maximum atomic E-state index is 13.0. The van der Waals surface area contributed by atoms with Crippen molar-refractivity contribution in [1.82, 2.24) is 25.1 Å². The lowest BCUT2D eigenvalue weighted by Gasteiger charge is -2.35. The van der Waals surface area contributed by atoms with Gasteiger partial charge in [0.2, 0.25) is 11.9 Å². The highest BCUT2D eigenvalue weighted by atomic mass is 79.9. The molecule has 2 atom stereocenters. The molecule has 1 aromatic carbocycles. The number of benzene rings is 1. The van der Waals surface area contributed by atoms with Crippen LogP contribution in [0.5, 0.6) is 0 Å². The van der Waals surface area contributed by atoms with E-state index in [1.165, 1.54) is 0 Å². The Kier molecular flexibility index (Phi) is 9.37. The Labute approximate surface area is 227 Å². The molecule has 2 heterocycles. The highest BCUT2D eigenvalue weighted by molar-refractivity contribution is 9.10. The molecule has 2 fully saturated rings. The number of hydrogen-bond donors (Lipinski definition) is 3. The molecule has 2 unspecified atom stereocenters. The number of anilines is 3. The Morgan fingerprint density at radius 3 is 2.57 bits per heavy atom. The fourth-order valence-electron chi connectivity index (χ4n) is 5.11. The Hall–Kier alpha value is -2.72. The van der Waals surface area contributed by atoms with Crippen molar-refractivity contribution >= 4 is 45.2 Å². The number of hydrogen-bond acceptors (Lipinski definition) is 7. The summed E-state index contributed by atoms with van der Waals surface area (Å²) in [4.78, 5) is 38.8. The van der Waals surface area contributed by atoms with Crippen LogP contribution in [-0.4, -0.2) is 77.4 Å². The van der Waals surface area contributed by atoms with Gasteiger partial charge in [0.15, 0.2) is 0 Å². The molecule has 2 amide bonds. The SMILES string of the molecule is CCCNC(=O)C1CCCC1Nc1nc(Nc2ccc(C(=O)N(C)C3CCN(C)CC3)cc2)ncc1Br. The quantitative estimate of drug-likeness (QED) is 0.413. The number of aromatic nitrogens is 2. The molecule has 0 spiro atoms. The Balaban J connectivity index is 1.38. The highest BCUT2D eigenvalue weighted by Crippen LogP contribution is 2.31. The van der Waals surface area contributed by atoms with E-state index in [4.69, 9.17) is 0 Å². The van der Waals surface area contributed by atoms with Crippen LogP contribution in [0.4, 0.5) is 17.5 Å². The van der Waals surface area contributed by atoms with Crippen molar-refractivity contribution in [2.45, 2.75) is 57.5 Å². The number of halogens is 1. The van der Waals surface area contributed by atoms with Crippen molar-refractivity contribution in [2.24, 2.45) is 5.92 Å². The summed E-state index contributed by atoms with van der Waals surface area (Å²) in [6, 6.07) is 7.74. The summed E-state index contributed by atoms with van der Waals surface area (Å²) in [6.07, 6.45) is 7.43. The molecule has 2 aromatic rings. The number of nitrogens with zero attached hydrogens (tertiary/aromatic N) is 4. The molecule has 10 heteroatoms. The third kappa shape index (κ3) is 6.98. The largest absolute Gasteiger partial charge is 0.365 e. The van der Waals surface area contributed by atoms with Crippen molar-refractivity contribution in [3.05, 3.63) is 40.5 Å². The van der Waals surface area contributed by atoms with E-state index in [0.717, 1.165) is 61.8 Å². The molecular weight excluding hydrogens is 534 g/mol. The average Bonchev–Trinajstić information content (AvgIpc) is 3.37. The van der Waals surface area contributed by atoms with E-state index in [9.17, 15) is 9.59 Å². The fourth-order valence-corrected chi connectivity index (χ4v) is 5.41. The smallest absolute Gasteiger partial charge is 0.253 e. The second kappa shape index (κ2) is 12.7. The Morgan fingerprint density at radius 2 is 1.86 bits per heavy atom. The molecule has 0 bridgehead atoms. The Bertz CT molecular complexity index is 1070. The highest BCUT2D eigenvalue weighted by Gasteiger charge is 2.33. The summed E-state index contributed by atoms with van der Waals surface area (Å²) in [5, 5.41) is 9.71. The zero-order valence-corrected chi connectivity index (χ0v) is 23.6. The second-order valence-corrected chi connectivity index (χ2v) is 11.0. The molecule has 2 aliphatic rings. The minimum Gasteiger partial charge on any atom is -0.365 e. The van der Waals surface area contributed by atoms with Gasteiger partial charge in [-0.3, -0.25) is 9.59 Å². The van der Waals surface area contributed by atoms with Gasteiger partial charge in [0.05, 0.1) is 10.4 Å². The van der Waals surface area contributed by atoms with Crippen molar-refractivity contribution in [3.8, 4) is 0 Å². The minimum absolute atomic E-state index is 0.0303. The average molecular weight is 573 g/mol. The van der Waals surface area contributed by atoms with E-state index in [-0.39, 0.29) is 29.8 Å². The van der Waals surface area contributed by atoms with Crippen LogP contribution in [0.15, 0.2) is 34.9 Å². The third-order valence-electron chi connectivity index (χ3n) is 7.41. The van der Waals surface area contributed by atoms with Crippen molar-refractivity contribution in [2.75, 3.05) is 44.4 Å².